The minimum absolute atomic E-state index is 0.0314. The van der Waals surface area contributed by atoms with Crippen molar-refractivity contribution >= 4 is 5.91 Å². The van der Waals surface area contributed by atoms with Crippen LogP contribution >= 0.6 is 0 Å². The Kier molecular flexibility index (Phi) is 5.93. The molecule has 0 atom stereocenters. The average Bonchev–Trinajstić information content (AvgIpc) is 3.16. The van der Waals surface area contributed by atoms with Crippen LogP contribution in [0.3, 0.4) is 0 Å². The van der Waals surface area contributed by atoms with Crippen LogP contribution < -0.4 is 14.8 Å². The molecule has 1 heterocycles. The first-order valence-corrected chi connectivity index (χ1v) is 8.45. The molecule has 26 heavy (non-hydrogen) atoms. The molecule has 134 valence electrons. The van der Waals surface area contributed by atoms with Gasteiger partial charge in [-0.2, -0.15) is 0 Å². The quantitative estimate of drug-likeness (QED) is 0.663. The molecule has 5 nitrogen and oxygen atoms in total. The van der Waals surface area contributed by atoms with Crippen LogP contribution in [-0.4, -0.2) is 19.1 Å². The molecule has 0 saturated carbocycles. The van der Waals surface area contributed by atoms with Crippen molar-refractivity contribution in [3.05, 3.63) is 78.3 Å². The van der Waals surface area contributed by atoms with Crippen molar-refractivity contribution in [3.63, 3.8) is 0 Å². The summed E-state index contributed by atoms with van der Waals surface area (Å²) in [6, 6.07) is 18.7. The number of hydrogen-bond donors (Lipinski definition) is 1. The fourth-order valence-corrected chi connectivity index (χ4v) is 2.33. The summed E-state index contributed by atoms with van der Waals surface area (Å²) in [5.41, 5.74) is 1.18. The normalized spacial score (nSPS) is 10.3. The highest BCUT2D eigenvalue weighted by atomic mass is 16.5. The van der Waals surface area contributed by atoms with E-state index >= 15 is 0 Å². The van der Waals surface area contributed by atoms with Crippen LogP contribution in [0.5, 0.6) is 17.2 Å². The molecular formula is C21H21NO4. The second kappa shape index (κ2) is 8.76. The predicted octanol–water partition coefficient (Wildman–Crippen LogP) is 4.12. The lowest BCUT2D eigenvalue weighted by Crippen LogP contribution is -2.30. The molecule has 0 aliphatic carbocycles. The Morgan fingerprint density at radius 3 is 2.27 bits per heavy atom. The fourth-order valence-electron chi connectivity index (χ4n) is 2.33. The van der Waals surface area contributed by atoms with Gasteiger partial charge < -0.3 is 19.2 Å². The summed E-state index contributed by atoms with van der Waals surface area (Å²) in [7, 11) is 0. The lowest BCUT2D eigenvalue weighted by molar-refractivity contribution is -0.123. The Labute approximate surface area is 152 Å². The number of ether oxygens (including phenoxy) is 2. The number of rotatable bonds is 8. The van der Waals surface area contributed by atoms with E-state index in [1.165, 1.54) is 5.56 Å². The summed E-state index contributed by atoms with van der Waals surface area (Å²) in [5.74, 6) is 2.78. The number of nitrogens with one attached hydrogen (secondary N) is 1. The van der Waals surface area contributed by atoms with Crippen molar-refractivity contribution in [1.82, 2.24) is 5.32 Å². The molecule has 2 aromatic carbocycles. The highest BCUT2D eigenvalue weighted by Crippen LogP contribution is 2.24. The highest BCUT2D eigenvalue weighted by Gasteiger charge is 2.04. The van der Waals surface area contributed by atoms with Gasteiger partial charge >= 0.3 is 0 Å². The third kappa shape index (κ3) is 5.41. The standard InChI is InChI=1S/C21H21NO4/c1-16-4-6-19(7-5-16)26-20-10-8-18(9-11-20)25-15-21(23)22-13-12-17-3-2-14-24-17/h2-11,14H,12-13,15H2,1H3,(H,22,23). The number of carbonyl (C=O) groups excluding carboxylic acids is 1. The zero-order chi connectivity index (χ0) is 18.2. The largest absolute Gasteiger partial charge is 0.484 e. The summed E-state index contributed by atoms with van der Waals surface area (Å²) in [4.78, 5) is 11.8. The second-order valence-corrected chi connectivity index (χ2v) is 5.85. The van der Waals surface area contributed by atoms with Crippen LogP contribution in [0.25, 0.3) is 0 Å². The van der Waals surface area contributed by atoms with Gasteiger partial charge in [-0.05, 0) is 55.5 Å². The Morgan fingerprint density at radius 1 is 0.962 bits per heavy atom. The molecule has 1 N–H and O–H groups in total. The summed E-state index contributed by atoms with van der Waals surface area (Å²) < 4.78 is 16.5. The number of benzene rings is 2. The van der Waals surface area contributed by atoms with Gasteiger partial charge in [0.25, 0.3) is 5.91 Å². The van der Waals surface area contributed by atoms with E-state index in [0.717, 1.165) is 11.5 Å². The van der Waals surface area contributed by atoms with Gasteiger partial charge in [0.05, 0.1) is 6.26 Å². The van der Waals surface area contributed by atoms with Crippen molar-refractivity contribution in [1.29, 1.82) is 0 Å². The molecule has 0 aliphatic heterocycles. The van der Waals surface area contributed by atoms with E-state index < -0.39 is 0 Å². The first-order valence-electron chi connectivity index (χ1n) is 8.45. The SMILES string of the molecule is Cc1ccc(Oc2ccc(OCC(=O)NCCc3ccco3)cc2)cc1. The molecule has 0 radical (unpaired) electrons. The summed E-state index contributed by atoms with van der Waals surface area (Å²) >= 11 is 0. The van der Waals surface area contributed by atoms with E-state index in [1.807, 2.05) is 55.5 Å². The maximum atomic E-state index is 11.8. The van der Waals surface area contributed by atoms with Crippen molar-refractivity contribution in [2.24, 2.45) is 0 Å². The molecule has 0 aliphatic rings. The molecular weight excluding hydrogens is 330 g/mol. The monoisotopic (exact) mass is 351 g/mol. The fraction of sp³-hybridized carbons (Fsp3) is 0.190. The highest BCUT2D eigenvalue weighted by molar-refractivity contribution is 5.77. The number of amides is 1. The Morgan fingerprint density at radius 2 is 1.62 bits per heavy atom. The lowest BCUT2D eigenvalue weighted by atomic mass is 10.2. The molecule has 0 fully saturated rings. The molecule has 3 rings (SSSR count). The van der Waals surface area contributed by atoms with Crippen LogP contribution in [0.4, 0.5) is 0 Å². The number of carbonyl (C=O) groups is 1. The Hall–Kier alpha value is -3.21. The average molecular weight is 351 g/mol. The summed E-state index contributed by atoms with van der Waals surface area (Å²) in [6.45, 7) is 2.51. The van der Waals surface area contributed by atoms with E-state index in [0.29, 0.717) is 24.5 Å². The van der Waals surface area contributed by atoms with Crippen molar-refractivity contribution in [2.75, 3.05) is 13.2 Å². The smallest absolute Gasteiger partial charge is 0.257 e. The third-order valence-corrected chi connectivity index (χ3v) is 3.72. The number of hydrogen-bond acceptors (Lipinski definition) is 4. The Bertz CT molecular complexity index is 808. The van der Waals surface area contributed by atoms with E-state index in [2.05, 4.69) is 5.32 Å². The van der Waals surface area contributed by atoms with Gasteiger partial charge in [0.15, 0.2) is 6.61 Å². The van der Waals surface area contributed by atoms with Gasteiger partial charge in [0.2, 0.25) is 0 Å². The van der Waals surface area contributed by atoms with Gasteiger partial charge in [0.1, 0.15) is 23.0 Å². The second-order valence-electron chi connectivity index (χ2n) is 5.85. The van der Waals surface area contributed by atoms with Crippen LogP contribution in [0.15, 0.2) is 71.3 Å². The zero-order valence-corrected chi connectivity index (χ0v) is 14.6. The number of furan rings is 1. The van der Waals surface area contributed by atoms with Crippen molar-refractivity contribution in [3.8, 4) is 17.2 Å². The minimum atomic E-state index is -0.170. The topological polar surface area (TPSA) is 60.7 Å². The molecule has 1 aromatic heterocycles. The minimum Gasteiger partial charge on any atom is -0.484 e. The summed E-state index contributed by atoms with van der Waals surface area (Å²) in [6.07, 6.45) is 2.27. The lowest BCUT2D eigenvalue weighted by Gasteiger charge is -2.09. The maximum absolute atomic E-state index is 11.8. The molecule has 0 bridgehead atoms. The predicted molar refractivity (Wildman–Crippen MR) is 98.6 cm³/mol. The molecule has 0 spiro atoms. The first-order chi connectivity index (χ1) is 12.7. The van der Waals surface area contributed by atoms with Crippen molar-refractivity contribution < 1.29 is 18.7 Å². The molecule has 5 heteroatoms. The van der Waals surface area contributed by atoms with Crippen molar-refractivity contribution in [2.45, 2.75) is 13.3 Å². The molecule has 3 aromatic rings. The van der Waals surface area contributed by atoms with Gasteiger partial charge in [-0.15, -0.1) is 0 Å². The zero-order valence-electron chi connectivity index (χ0n) is 14.6. The first kappa shape index (κ1) is 17.6. The van der Waals surface area contributed by atoms with Crippen LogP contribution in [-0.2, 0) is 11.2 Å². The van der Waals surface area contributed by atoms with Gasteiger partial charge in [-0.3, -0.25) is 4.79 Å². The maximum Gasteiger partial charge on any atom is 0.257 e. The van der Waals surface area contributed by atoms with Crippen LogP contribution in [0.1, 0.15) is 11.3 Å². The van der Waals surface area contributed by atoms with Crippen LogP contribution in [0.2, 0.25) is 0 Å². The molecule has 0 saturated heterocycles. The summed E-state index contributed by atoms with van der Waals surface area (Å²) in [5, 5.41) is 2.79. The Balaban J connectivity index is 1.40. The molecule has 1 amide bonds. The van der Waals surface area contributed by atoms with E-state index in [9.17, 15) is 4.79 Å². The van der Waals surface area contributed by atoms with E-state index in [4.69, 9.17) is 13.9 Å². The molecule has 0 unspecified atom stereocenters. The third-order valence-electron chi connectivity index (χ3n) is 3.72. The van der Waals surface area contributed by atoms with Gasteiger partial charge in [-0.1, -0.05) is 17.7 Å². The van der Waals surface area contributed by atoms with Crippen LogP contribution in [0, 0.1) is 6.92 Å². The van der Waals surface area contributed by atoms with E-state index in [1.54, 1.807) is 18.4 Å². The van der Waals surface area contributed by atoms with Gasteiger partial charge in [-0.25, -0.2) is 0 Å². The van der Waals surface area contributed by atoms with E-state index in [-0.39, 0.29) is 12.5 Å². The number of aryl methyl sites for hydroxylation is 1. The van der Waals surface area contributed by atoms with Gasteiger partial charge in [0, 0.05) is 13.0 Å².